The second-order valence-corrected chi connectivity index (χ2v) is 25.3. The number of aliphatic imine (C=N–C) groups is 1. The summed E-state index contributed by atoms with van der Waals surface area (Å²) in [5.41, 5.74) is 4.22. The Bertz CT molecular complexity index is 4190. The molecule has 0 spiro atoms. The summed E-state index contributed by atoms with van der Waals surface area (Å²) in [7, 11) is 1.46. The molecule has 5 aromatic carbocycles. The molecule has 3 saturated carbocycles. The number of phenolic OH excluding ortho intramolecular Hbond substituents is 1. The summed E-state index contributed by atoms with van der Waals surface area (Å²) < 4.78 is 59.8. The average Bonchev–Trinajstić information content (AvgIpc) is 1.30. The fourth-order valence-corrected chi connectivity index (χ4v) is 13.8. The number of anilines is 2. The molecule has 518 valence electrons. The smallest absolute Gasteiger partial charge is 0.423 e. The van der Waals surface area contributed by atoms with Crippen LogP contribution in [0.25, 0.3) is 16.3 Å². The Kier molecular flexibility index (Phi) is 20.2. The van der Waals surface area contributed by atoms with Gasteiger partial charge in [-0.05, 0) is 77.6 Å². The number of phenols is 1. The lowest BCUT2D eigenvalue weighted by Gasteiger charge is -2.69. The predicted molar refractivity (Wildman–Crippen MR) is 349 cm³/mol. The van der Waals surface area contributed by atoms with Gasteiger partial charge in [-0.1, -0.05) is 60.7 Å². The van der Waals surface area contributed by atoms with Gasteiger partial charge in [0.2, 0.25) is 41.5 Å². The summed E-state index contributed by atoms with van der Waals surface area (Å²) in [4.78, 5) is 151. The topological polar surface area (TPSA) is 362 Å². The lowest BCUT2D eigenvalue weighted by molar-refractivity contribution is -0.217. The van der Waals surface area contributed by atoms with Gasteiger partial charge in [0.1, 0.15) is 24.6 Å². The zero-order chi connectivity index (χ0) is 70.7. The molecule has 9 N–H and O–H groups in total. The molecule has 5 aromatic rings. The maximum atomic E-state index is 14.4. The number of carboxylic acid groups (broad SMARTS) is 1. The van der Waals surface area contributed by atoms with Crippen LogP contribution in [0.1, 0.15) is 64.2 Å². The highest BCUT2D eigenvalue weighted by Crippen LogP contribution is 2.74. The van der Waals surface area contributed by atoms with Gasteiger partial charge in [-0.2, -0.15) is 13.2 Å². The molecule has 7 aliphatic rings. The number of methoxy groups -OCH3 is 1. The first-order valence-corrected chi connectivity index (χ1v) is 31.9. The van der Waals surface area contributed by atoms with E-state index in [9.17, 15) is 71.0 Å². The summed E-state index contributed by atoms with van der Waals surface area (Å²) in [5, 5.41) is 37.4. The number of nitrogens with zero attached hydrogens (tertiary/aromatic N) is 4. The summed E-state index contributed by atoms with van der Waals surface area (Å²) in [5.74, 6) is -8.84. The first-order valence-electron chi connectivity index (χ1n) is 31.3. The van der Waals surface area contributed by atoms with Crippen LogP contribution in [0.4, 0.5) is 30.2 Å². The van der Waals surface area contributed by atoms with Crippen molar-refractivity contribution in [3.05, 3.63) is 137 Å². The average molecular weight is 1390 g/mol. The molecule has 31 heteroatoms. The summed E-state index contributed by atoms with van der Waals surface area (Å²) in [6, 6.07) is 21.2. The maximum Gasteiger partial charge on any atom is 0.423 e. The minimum atomic E-state index is -5.27. The van der Waals surface area contributed by atoms with Gasteiger partial charge >= 0.3 is 12.1 Å². The van der Waals surface area contributed by atoms with Crippen molar-refractivity contribution >= 4 is 116 Å². The van der Waals surface area contributed by atoms with Crippen LogP contribution in [-0.2, 0) is 59.1 Å². The van der Waals surface area contributed by atoms with Gasteiger partial charge in [0.25, 0.3) is 23.6 Å². The molecule has 4 aliphatic heterocycles. The van der Waals surface area contributed by atoms with Gasteiger partial charge in [0.15, 0.2) is 11.5 Å². The number of carboxylic acids is 1. The fraction of sp³-hybridized carbons (Fsp3) is 0.353. The molecule has 4 heterocycles. The number of carbonyl (C=O) groups is 11. The third kappa shape index (κ3) is 14.9. The van der Waals surface area contributed by atoms with Crippen LogP contribution in [0.3, 0.4) is 0 Å². The highest BCUT2D eigenvalue weighted by Gasteiger charge is 2.73. The Morgan fingerprint density at radius 1 is 0.798 bits per heavy atom. The number of amides is 10. The minimum absolute atomic E-state index is 0.0112. The highest BCUT2D eigenvalue weighted by molar-refractivity contribution is 6.19. The number of aliphatic carboxylic acids is 1. The molecule has 0 saturated heterocycles. The van der Waals surface area contributed by atoms with Gasteiger partial charge in [0, 0.05) is 90.9 Å². The van der Waals surface area contributed by atoms with Crippen molar-refractivity contribution in [2.45, 2.75) is 75.4 Å². The second kappa shape index (κ2) is 28.8. The number of hydrogen-bond donors (Lipinski definition) is 9. The first kappa shape index (κ1) is 69.6. The number of benzene rings is 5. The van der Waals surface area contributed by atoms with Gasteiger partial charge in [-0.15, -0.1) is 11.6 Å². The van der Waals surface area contributed by atoms with E-state index >= 15 is 0 Å². The molecular formula is C68H67ClF3N11O16. The Hall–Kier alpha value is -10.7. The van der Waals surface area contributed by atoms with E-state index < -0.39 is 129 Å². The molecule has 27 nitrogen and oxygen atoms in total. The van der Waals surface area contributed by atoms with E-state index in [1.54, 1.807) is 78.0 Å². The van der Waals surface area contributed by atoms with Crippen molar-refractivity contribution in [1.82, 2.24) is 41.7 Å². The van der Waals surface area contributed by atoms with Crippen LogP contribution in [-0.4, -0.2) is 187 Å². The van der Waals surface area contributed by atoms with E-state index in [0.717, 1.165) is 34.1 Å². The van der Waals surface area contributed by atoms with Gasteiger partial charge in [-0.25, -0.2) is 0 Å². The van der Waals surface area contributed by atoms with E-state index in [0.29, 0.717) is 89.2 Å². The van der Waals surface area contributed by atoms with Crippen LogP contribution in [0.2, 0.25) is 0 Å². The Morgan fingerprint density at radius 2 is 1.48 bits per heavy atom. The number of halogens is 4. The number of imide groups is 1. The molecule has 3 unspecified atom stereocenters. The summed E-state index contributed by atoms with van der Waals surface area (Å²) >= 11 is 6.50. The number of carbonyl (C=O) groups excluding carboxylic acids is 10. The standard InChI is InChI=1S/C68H67ClF3N11O16/c1-36-7-6-10-43-49(84)21-47-59(58(36)43)40(22-69)30-82(47)65(96)67-31-66(32-67,33-67)34-98-51-20-45-44(19-50(51)97-2)64(95)81-29-39(18-42(81)23-74-45)38-11-13-41(14-12-38)79-63(94)60(68(70,71)72)99-35-78-53(86)26-76-61(92)46(17-37-8-4-3-5-9-37)80-54(87)27-75-52(85)25-77-62(93)48(24-73-28-57(90)91)83-55(88)15-16-56(83)89/h3-16,19-21,23,29,40,42,46,48,60,73,84H,17-18,22,24-28,30-35H2,1-2H3,(H,75,85)(H,76,92)(H,77,93)(H,78,86)(H,79,94)(H,80,87)(H,90,91)/t40?,42-,46-,48?,60?,66?,67?/m0/s1. The zero-order valence-electron chi connectivity index (χ0n) is 53.2. The fourth-order valence-electron chi connectivity index (χ4n) is 13.5. The van der Waals surface area contributed by atoms with Crippen molar-refractivity contribution < 1.29 is 90.3 Å². The van der Waals surface area contributed by atoms with E-state index in [2.05, 4.69) is 36.9 Å². The predicted octanol–water partition coefficient (Wildman–Crippen LogP) is 3.76. The van der Waals surface area contributed by atoms with Crippen molar-refractivity contribution in [3.63, 3.8) is 0 Å². The van der Waals surface area contributed by atoms with Gasteiger partial charge in [0.05, 0.1) is 68.3 Å². The molecule has 0 aromatic heterocycles. The molecule has 3 fully saturated rings. The quantitative estimate of drug-likeness (QED) is 0.0196. The molecule has 0 radical (unpaired) electrons. The Morgan fingerprint density at radius 3 is 2.16 bits per heavy atom. The molecule has 3 aliphatic carbocycles. The molecule has 5 atom stereocenters. The number of fused-ring (bicyclic) bond motifs is 5. The lowest BCUT2D eigenvalue weighted by Crippen LogP contribution is -2.70. The van der Waals surface area contributed by atoms with Crippen molar-refractivity contribution in [2.75, 3.05) is 75.8 Å². The first-order chi connectivity index (χ1) is 47.3. The van der Waals surface area contributed by atoms with Crippen molar-refractivity contribution in [3.8, 4) is 17.2 Å². The van der Waals surface area contributed by atoms with E-state index in [4.69, 9.17) is 30.9 Å². The number of aromatic hydroxyl groups is 1. The molecular weight excluding hydrogens is 1320 g/mol. The SMILES string of the molecule is COc1cc2c(cc1OCC13CC(C(=O)N4CC(CCl)c5c4cc(O)c4cccc(C)c54)(C1)C3)N=C[C@@H]1CC(c3ccc(NC(=O)C(OCNC(=O)CNC(=O)[C@H](Cc4ccccc4)NC(=O)CNC(=O)CNC(=O)C(CNCC(=O)O)N4C(=O)C=CC4=O)C(F)(F)F)cc3)=CN1C2=O. The lowest BCUT2D eigenvalue weighted by atomic mass is 9.35. The van der Waals surface area contributed by atoms with Crippen LogP contribution in [0.15, 0.2) is 114 Å². The largest absolute Gasteiger partial charge is 0.507 e. The van der Waals surface area contributed by atoms with E-state index in [-0.39, 0.29) is 46.6 Å². The van der Waals surface area contributed by atoms with Crippen LogP contribution in [0, 0.1) is 17.8 Å². The van der Waals surface area contributed by atoms with Gasteiger partial charge < -0.3 is 71.4 Å². The molecule has 10 amide bonds. The Labute approximate surface area is 567 Å². The normalized spacial score (nSPS) is 20.2. The van der Waals surface area contributed by atoms with Crippen LogP contribution < -0.4 is 51.6 Å². The van der Waals surface area contributed by atoms with E-state index in [1.165, 1.54) is 24.1 Å². The minimum Gasteiger partial charge on any atom is -0.507 e. The third-order valence-electron chi connectivity index (χ3n) is 18.1. The van der Waals surface area contributed by atoms with Crippen LogP contribution >= 0.6 is 11.6 Å². The number of aryl methyl sites for hydroxylation is 1. The zero-order valence-corrected chi connectivity index (χ0v) is 53.9. The number of ether oxygens (including phenoxy) is 3. The van der Waals surface area contributed by atoms with Crippen LogP contribution in [0.5, 0.6) is 17.2 Å². The molecule has 2 bridgehead atoms. The molecule has 99 heavy (non-hydrogen) atoms. The van der Waals surface area contributed by atoms with Crippen molar-refractivity contribution in [2.24, 2.45) is 15.8 Å². The number of alkyl halides is 4. The molecule has 12 rings (SSSR count). The Balaban J connectivity index is 0.630. The number of rotatable bonds is 28. The second-order valence-electron chi connectivity index (χ2n) is 25.0. The van der Waals surface area contributed by atoms with E-state index in [1.807, 2.05) is 30.4 Å². The monoisotopic (exact) mass is 1390 g/mol. The summed E-state index contributed by atoms with van der Waals surface area (Å²) in [6.45, 7) is -1.89. The van der Waals surface area contributed by atoms with Gasteiger partial charge in [-0.3, -0.25) is 62.6 Å². The highest BCUT2D eigenvalue weighted by atomic mass is 35.5. The van der Waals surface area contributed by atoms with Crippen molar-refractivity contribution in [1.29, 1.82) is 0 Å². The third-order valence-corrected chi connectivity index (χ3v) is 18.5. The number of hydrogen-bond acceptors (Lipinski definition) is 17. The summed E-state index contributed by atoms with van der Waals surface area (Å²) in [6.07, 6.45) is -1.25. The maximum absolute atomic E-state index is 14.4. The number of nitrogens with one attached hydrogen (secondary N) is 7.